The second-order valence-corrected chi connectivity index (χ2v) is 4.88. The second-order valence-electron chi connectivity index (χ2n) is 4.88. The van der Waals surface area contributed by atoms with E-state index in [1.165, 1.54) is 25.7 Å². The molecule has 1 saturated heterocycles. The van der Waals surface area contributed by atoms with E-state index in [1.54, 1.807) is 0 Å². The lowest BCUT2D eigenvalue weighted by Crippen LogP contribution is -2.26. The molecule has 0 aromatic heterocycles. The Kier molecular flexibility index (Phi) is 3.76. The van der Waals surface area contributed by atoms with Crippen LogP contribution >= 0.6 is 0 Å². The molecule has 15 heavy (non-hydrogen) atoms. The third-order valence-electron chi connectivity index (χ3n) is 3.69. The molecule has 0 spiro atoms. The van der Waals surface area contributed by atoms with Gasteiger partial charge in [-0.3, -0.25) is 4.79 Å². The summed E-state index contributed by atoms with van der Waals surface area (Å²) in [6.45, 7) is 0.549. The van der Waals surface area contributed by atoms with Gasteiger partial charge in [-0.2, -0.15) is 0 Å². The van der Waals surface area contributed by atoms with Crippen molar-refractivity contribution in [3.05, 3.63) is 0 Å². The normalized spacial score (nSPS) is 32.3. The third kappa shape index (κ3) is 2.79. The molecule has 1 saturated carbocycles. The predicted molar refractivity (Wildman–Crippen MR) is 58.5 cm³/mol. The first kappa shape index (κ1) is 11.1. The minimum atomic E-state index is -0.140. The van der Waals surface area contributed by atoms with Gasteiger partial charge in [-0.15, -0.1) is 0 Å². The van der Waals surface area contributed by atoms with Gasteiger partial charge in [-0.1, -0.05) is 25.7 Å². The van der Waals surface area contributed by atoms with E-state index in [0.717, 1.165) is 19.3 Å². The maximum absolute atomic E-state index is 11.9. The Balaban J connectivity index is 1.76. The van der Waals surface area contributed by atoms with Crippen LogP contribution in [0.3, 0.4) is 0 Å². The van der Waals surface area contributed by atoms with Crippen LogP contribution in [-0.2, 0) is 9.53 Å². The van der Waals surface area contributed by atoms with Gasteiger partial charge in [0, 0.05) is 13.0 Å². The molecule has 86 valence electrons. The number of carbonyl (C=O) groups excluding carboxylic acids is 1. The fraction of sp³-hybridized carbons (Fsp3) is 0.917. The summed E-state index contributed by atoms with van der Waals surface area (Å²) in [6.07, 6.45) is 7.63. The number of nitrogens with two attached hydrogens (primary N) is 1. The summed E-state index contributed by atoms with van der Waals surface area (Å²) in [5.41, 5.74) is 5.52. The molecule has 0 aromatic carbocycles. The Hall–Kier alpha value is -0.410. The Bertz CT molecular complexity index is 224. The zero-order chi connectivity index (χ0) is 10.7. The van der Waals surface area contributed by atoms with Crippen molar-refractivity contribution in [3.8, 4) is 0 Å². The first-order valence-corrected chi connectivity index (χ1v) is 6.18. The first-order valence-electron chi connectivity index (χ1n) is 6.18. The molecular weight excluding hydrogens is 190 g/mol. The Morgan fingerprint density at radius 1 is 1.20 bits per heavy atom. The smallest absolute Gasteiger partial charge is 0.161 e. The molecule has 2 fully saturated rings. The molecule has 2 aliphatic rings. The van der Waals surface area contributed by atoms with E-state index in [9.17, 15) is 4.79 Å². The van der Waals surface area contributed by atoms with Gasteiger partial charge in [0.05, 0.1) is 6.10 Å². The van der Waals surface area contributed by atoms with Crippen molar-refractivity contribution >= 4 is 5.78 Å². The largest absolute Gasteiger partial charge is 0.366 e. The van der Waals surface area contributed by atoms with E-state index in [0.29, 0.717) is 18.2 Å². The molecule has 1 heterocycles. The van der Waals surface area contributed by atoms with Crippen LogP contribution in [0.4, 0.5) is 0 Å². The average Bonchev–Trinajstić information content (AvgIpc) is 2.86. The summed E-state index contributed by atoms with van der Waals surface area (Å²) in [4.78, 5) is 11.9. The Morgan fingerprint density at radius 2 is 1.93 bits per heavy atom. The maximum atomic E-state index is 11.9. The van der Waals surface area contributed by atoms with E-state index < -0.39 is 0 Å². The van der Waals surface area contributed by atoms with Crippen LogP contribution in [0.1, 0.15) is 44.9 Å². The molecule has 0 radical (unpaired) electrons. The van der Waals surface area contributed by atoms with Gasteiger partial charge in [-0.25, -0.2) is 0 Å². The van der Waals surface area contributed by atoms with E-state index in [-0.39, 0.29) is 12.2 Å². The number of hydrogen-bond acceptors (Lipinski definition) is 3. The number of carbonyl (C=O) groups is 1. The lowest BCUT2D eigenvalue weighted by Gasteiger charge is -2.13. The molecule has 1 aliphatic carbocycles. The van der Waals surface area contributed by atoms with Crippen molar-refractivity contribution in [2.45, 2.75) is 57.2 Å². The second kappa shape index (κ2) is 5.08. The average molecular weight is 211 g/mol. The summed E-state index contributed by atoms with van der Waals surface area (Å²) in [5.74, 6) is 0.955. The van der Waals surface area contributed by atoms with Crippen LogP contribution in [0.25, 0.3) is 0 Å². The Labute approximate surface area is 91.4 Å². The van der Waals surface area contributed by atoms with Crippen LogP contribution in [0.5, 0.6) is 0 Å². The van der Waals surface area contributed by atoms with Gasteiger partial charge in [0.15, 0.2) is 5.78 Å². The van der Waals surface area contributed by atoms with Gasteiger partial charge in [0.2, 0.25) is 0 Å². The first-order chi connectivity index (χ1) is 7.29. The van der Waals surface area contributed by atoms with Crippen LogP contribution in [0, 0.1) is 5.92 Å². The highest BCUT2D eigenvalue weighted by Crippen LogP contribution is 2.30. The Morgan fingerprint density at radius 3 is 2.53 bits per heavy atom. The molecule has 2 atom stereocenters. The summed E-state index contributed by atoms with van der Waals surface area (Å²) >= 11 is 0. The zero-order valence-corrected chi connectivity index (χ0v) is 9.28. The number of ketones is 1. The maximum Gasteiger partial charge on any atom is 0.161 e. The van der Waals surface area contributed by atoms with Crippen molar-refractivity contribution < 1.29 is 9.53 Å². The third-order valence-corrected chi connectivity index (χ3v) is 3.69. The molecule has 3 heteroatoms. The monoisotopic (exact) mass is 211 g/mol. The lowest BCUT2D eigenvalue weighted by atomic mass is 9.97. The standard InChI is InChI=1S/C12H21NO2/c13-8-10-5-6-12(15-10)11(14)7-9-3-1-2-4-9/h9-10,12H,1-8,13H2. The molecule has 1 aliphatic heterocycles. The zero-order valence-electron chi connectivity index (χ0n) is 9.28. The predicted octanol–water partition coefficient (Wildman–Crippen LogP) is 1.64. The fourth-order valence-electron chi connectivity index (χ4n) is 2.75. The molecule has 2 N–H and O–H groups in total. The number of ether oxygens (including phenoxy) is 1. The summed E-state index contributed by atoms with van der Waals surface area (Å²) in [7, 11) is 0. The van der Waals surface area contributed by atoms with Gasteiger partial charge in [0.1, 0.15) is 6.10 Å². The van der Waals surface area contributed by atoms with Crippen LogP contribution in [0.2, 0.25) is 0 Å². The molecule has 0 bridgehead atoms. The van der Waals surface area contributed by atoms with Gasteiger partial charge < -0.3 is 10.5 Å². The highest BCUT2D eigenvalue weighted by molar-refractivity contribution is 5.83. The molecule has 0 amide bonds. The van der Waals surface area contributed by atoms with Crippen molar-refractivity contribution in [2.75, 3.05) is 6.54 Å². The minimum Gasteiger partial charge on any atom is -0.366 e. The topological polar surface area (TPSA) is 52.3 Å². The fourth-order valence-corrected chi connectivity index (χ4v) is 2.75. The van der Waals surface area contributed by atoms with E-state index >= 15 is 0 Å². The molecule has 2 rings (SSSR count). The van der Waals surface area contributed by atoms with Gasteiger partial charge in [0.25, 0.3) is 0 Å². The minimum absolute atomic E-state index is 0.127. The highest BCUT2D eigenvalue weighted by Gasteiger charge is 2.31. The van der Waals surface area contributed by atoms with E-state index in [4.69, 9.17) is 10.5 Å². The molecule has 0 aromatic rings. The van der Waals surface area contributed by atoms with Crippen LogP contribution in [0.15, 0.2) is 0 Å². The van der Waals surface area contributed by atoms with Gasteiger partial charge in [-0.05, 0) is 18.8 Å². The highest BCUT2D eigenvalue weighted by atomic mass is 16.5. The van der Waals surface area contributed by atoms with Gasteiger partial charge >= 0.3 is 0 Å². The summed E-state index contributed by atoms with van der Waals surface area (Å²) < 4.78 is 5.61. The van der Waals surface area contributed by atoms with E-state index in [2.05, 4.69) is 0 Å². The van der Waals surface area contributed by atoms with E-state index in [1.807, 2.05) is 0 Å². The molecule has 3 nitrogen and oxygen atoms in total. The van der Waals surface area contributed by atoms with Crippen molar-refractivity contribution in [2.24, 2.45) is 11.7 Å². The van der Waals surface area contributed by atoms with Crippen LogP contribution < -0.4 is 5.73 Å². The quantitative estimate of drug-likeness (QED) is 0.769. The molecule has 2 unspecified atom stereocenters. The van der Waals surface area contributed by atoms with Crippen LogP contribution in [-0.4, -0.2) is 24.5 Å². The number of hydrogen-bond donors (Lipinski definition) is 1. The number of Topliss-reactive ketones (excluding diaryl/α,β-unsaturated/α-hetero) is 1. The molecular formula is C12H21NO2. The summed E-state index contributed by atoms with van der Waals surface area (Å²) in [5, 5.41) is 0. The van der Waals surface area contributed by atoms with Crippen molar-refractivity contribution in [1.82, 2.24) is 0 Å². The number of rotatable bonds is 4. The lowest BCUT2D eigenvalue weighted by molar-refractivity contribution is -0.130. The summed E-state index contributed by atoms with van der Waals surface area (Å²) in [6, 6.07) is 0. The SMILES string of the molecule is NCC1CCC(C(=O)CC2CCCC2)O1. The van der Waals surface area contributed by atoms with Crippen molar-refractivity contribution in [3.63, 3.8) is 0 Å². The van der Waals surface area contributed by atoms with Crippen molar-refractivity contribution in [1.29, 1.82) is 0 Å².